The quantitative estimate of drug-likeness (QED) is 0.870. The molecule has 1 rings (SSSR count). The molecule has 4 heteroatoms. The van der Waals surface area contributed by atoms with Gasteiger partial charge in [-0.3, -0.25) is 9.69 Å². The van der Waals surface area contributed by atoms with E-state index in [9.17, 15) is 4.79 Å². The van der Waals surface area contributed by atoms with Gasteiger partial charge in [-0.2, -0.15) is 0 Å². The number of nitrogens with zero attached hydrogens (tertiary/aromatic N) is 1. The number of hydrogen-bond acceptors (Lipinski definition) is 2. The first-order valence-electron chi connectivity index (χ1n) is 5.37. The summed E-state index contributed by atoms with van der Waals surface area (Å²) in [4.78, 5) is 13.0. The van der Waals surface area contributed by atoms with E-state index in [1.54, 1.807) is 0 Å². The van der Waals surface area contributed by atoms with Crippen LogP contribution in [0, 0.1) is 0 Å². The fourth-order valence-electron chi connectivity index (χ4n) is 1.60. The van der Waals surface area contributed by atoms with Crippen LogP contribution in [0.1, 0.15) is 18.9 Å². The van der Waals surface area contributed by atoms with Gasteiger partial charge in [-0.25, -0.2) is 0 Å². The predicted octanol–water partition coefficient (Wildman–Crippen LogP) is 2.15. The summed E-state index contributed by atoms with van der Waals surface area (Å²) in [5.74, 6) is -0.273. The average molecular weight is 285 g/mol. The Hall–Kier alpha value is -0.870. The molecule has 0 aliphatic heterocycles. The van der Waals surface area contributed by atoms with Crippen LogP contribution in [-0.2, 0) is 11.3 Å². The molecule has 0 saturated heterocycles. The third-order valence-electron chi connectivity index (χ3n) is 2.24. The molecule has 0 bridgehead atoms. The topological polar surface area (TPSA) is 46.3 Å². The average Bonchev–Trinajstić information content (AvgIpc) is 2.21. The molecule has 0 spiro atoms. The van der Waals surface area contributed by atoms with Gasteiger partial charge in [-0.15, -0.1) is 0 Å². The van der Waals surface area contributed by atoms with Crippen LogP contribution in [0.25, 0.3) is 0 Å². The van der Waals surface area contributed by atoms with Gasteiger partial charge in [0.1, 0.15) is 0 Å². The summed E-state index contributed by atoms with van der Waals surface area (Å²) in [6.07, 6.45) is 1.02. The highest BCUT2D eigenvalue weighted by atomic mass is 79.9. The van der Waals surface area contributed by atoms with Gasteiger partial charge in [-0.05, 0) is 30.7 Å². The number of carbonyl (C=O) groups is 1. The summed E-state index contributed by atoms with van der Waals surface area (Å²) >= 11 is 3.39. The van der Waals surface area contributed by atoms with Gasteiger partial charge in [-0.1, -0.05) is 35.0 Å². The predicted molar refractivity (Wildman–Crippen MR) is 68.9 cm³/mol. The minimum Gasteiger partial charge on any atom is -0.369 e. The molecule has 0 radical (unpaired) electrons. The highest BCUT2D eigenvalue weighted by Crippen LogP contribution is 2.12. The Morgan fingerprint density at radius 3 is 2.50 bits per heavy atom. The molecular weight excluding hydrogens is 268 g/mol. The van der Waals surface area contributed by atoms with Crippen molar-refractivity contribution in [3.8, 4) is 0 Å². The molecule has 0 atom stereocenters. The van der Waals surface area contributed by atoms with Crippen molar-refractivity contribution in [3.63, 3.8) is 0 Å². The molecule has 1 aromatic carbocycles. The second-order valence-corrected chi connectivity index (χ2v) is 4.72. The Kier molecular flexibility index (Phi) is 5.49. The molecule has 16 heavy (non-hydrogen) atoms. The molecule has 88 valence electrons. The summed E-state index contributed by atoms with van der Waals surface area (Å²) in [6, 6.07) is 8.11. The molecule has 0 heterocycles. The van der Waals surface area contributed by atoms with Crippen molar-refractivity contribution in [3.05, 3.63) is 34.3 Å². The highest BCUT2D eigenvalue weighted by Gasteiger charge is 2.07. The van der Waals surface area contributed by atoms with E-state index in [0.717, 1.165) is 24.0 Å². The maximum Gasteiger partial charge on any atom is 0.231 e. The van der Waals surface area contributed by atoms with Crippen LogP contribution in [0.4, 0.5) is 0 Å². The fraction of sp³-hybridized carbons (Fsp3) is 0.417. The Labute approximate surface area is 105 Å². The molecule has 0 aliphatic rings. The van der Waals surface area contributed by atoms with Gasteiger partial charge >= 0.3 is 0 Å². The van der Waals surface area contributed by atoms with Crippen molar-refractivity contribution in [1.82, 2.24) is 4.90 Å². The van der Waals surface area contributed by atoms with Crippen LogP contribution in [0.2, 0.25) is 0 Å². The van der Waals surface area contributed by atoms with Gasteiger partial charge in [0.15, 0.2) is 0 Å². The van der Waals surface area contributed by atoms with Crippen LogP contribution in [0.15, 0.2) is 28.7 Å². The van der Waals surface area contributed by atoms with E-state index >= 15 is 0 Å². The second kappa shape index (κ2) is 6.66. The molecule has 2 N–H and O–H groups in total. The summed E-state index contributed by atoms with van der Waals surface area (Å²) in [5, 5.41) is 0. The van der Waals surface area contributed by atoms with Crippen molar-refractivity contribution < 1.29 is 4.79 Å². The number of amides is 1. The number of hydrogen-bond donors (Lipinski definition) is 1. The van der Waals surface area contributed by atoms with Crippen molar-refractivity contribution in [2.24, 2.45) is 5.73 Å². The molecule has 0 saturated carbocycles. The Bertz CT molecular complexity index is 337. The normalized spacial score (nSPS) is 10.7. The van der Waals surface area contributed by atoms with Crippen molar-refractivity contribution in [2.75, 3.05) is 13.1 Å². The first-order valence-corrected chi connectivity index (χ1v) is 6.16. The van der Waals surface area contributed by atoms with E-state index in [-0.39, 0.29) is 5.91 Å². The number of primary amides is 1. The monoisotopic (exact) mass is 284 g/mol. The summed E-state index contributed by atoms with van der Waals surface area (Å²) in [6.45, 7) is 4.07. The third-order valence-corrected chi connectivity index (χ3v) is 2.77. The molecule has 1 amide bonds. The van der Waals surface area contributed by atoms with E-state index in [0.29, 0.717) is 6.54 Å². The van der Waals surface area contributed by atoms with Gasteiger partial charge in [0, 0.05) is 11.0 Å². The first-order chi connectivity index (χ1) is 7.61. The Morgan fingerprint density at radius 1 is 1.38 bits per heavy atom. The van der Waals surface area contributed by atoms with E-state index in [1.165, 1.54) is 5.56 Å². The number of carbonyl (C=O) groups excluding carboxylic acids is 1. The smallest absolute Gasteiger partial charge is 0.231 e. The van der Waals surface area contributed by atoms with Gasteiger partial charge in [0.25, 0.3) is 0 Å². The van der Waals surface area contributed by atoms with Gasteiger partial charge < -0.3 is 5.73 Å². The molecule has 3 nitrogen and oxygen atoms in total. The van der Waals surface area contributed by atoms with Crippen LogP contribution in [0.5, 0.6) is 0 Å². The standard InChI is InChI=1S/C12H17BrN2O/c1-2-7-15(9-12(14)16)8-10-3-5-11(13)6-4-10/h3-6H,2,7-9H2,1H3,(H2,14,16). The molecule has 1 aromatic rings. The zero-order valence-electron chi connectivity index (χ0n) is 9.45. The second-order valence-electron chi connectivity index (χ2n) is 3.80. The van der Waals surface area contributed by atoms with Crippen LogP contribution < -0.4 is 5.73 Å². The number of benzene rings is 1. The maximum atomic E-state index is 10.9. The zero-order chi connectivity index (χ0) is 12.0. The van der Waals surface area contributed by atoms with E-state index in [2.05, 4.69) is 27.8 Å². The summed E-state index contributed by atoms with van der Waals surface area (Å²) in [7, 11) is 0. The van der Waals surface area contributed by atoms with Crippen LogP contribution >= 0.6 is 15.9 Å². The molecule has 0 fully saturated rings. The Morgan fingerprint density at radius 2 is 2.00 bits per heavy atom. The lowest BCUT2D eigenvalue weighted by molar-refractivity contribution is -0.119. The fourth-order valence-corrected chi connectivity index (χ4v) is 1.86. The minimum atomic E-state index is -0.273. The number of rotatable bonds is 6. The number of nitrogens with two attached hydrogens (primary N) is 1. The summed E-state index contributed by atoms with van der Waals surface area (Å²) in [5.41, 5.74) is 6.41. The summed E-state index contributed by atoms with van der Waals surface area (Å²) < 4.78 is 1.06. The van der Waals surface area contributed by atoms with E-state index < -0.39 is 0 Å². The molecule has 0 aromatic heterocycles. The largest absolute Gasteiger partial charge is 0.369 e. The molecule has 0 aliphatic carbocycles. The van der Waals surface area contributed by atoms with Gasteiger partial charge in [0.05, 0.1) is 6.54 Å². The van der Waals surface area contributed by atoms with Crippen molar-refractivity contribution >= 4 is 21.8 Å². The zero-order valence-corrected chi connectivity index (χ0v) is 11.0. The number of halogens is 1. The van der Waals surface area contributed by atoms with E-state index in [4.69, 9.17) is 5.73 Å². The van der Waals surface area contributed by atoms with Crippen molar-refractivity contribution in [2.45, 2.75) is 19.9 Å². The van der Waals surface area contributed by atoms with Crippen LogP contribution in [0.3, 0.4) is 0 Å². The highest BCUT2D eigenvalue weighted by molar-refractivity contribution is 9.10. The third kappa shape index (κ3) is 4.77. The van der Waals surface area contributed by atoms with E-state index in [1.807, 2.05) is 24.3 Å². The minimum absolute atomic E-state index is 0.273. The SMILES string of the molecule is CCCN(CC(N)=O)Cc1ccc(Br)cc1. The van der Waals surface area contributed by atoms with Crippen molar-refractivity contribution in [1.29, 1.82) is 0 Å². The molecule has 0 unspecified atom stereocenters. The maximum absolute atomic E-state index is 10.9. The van der Waals surface area contributed by atoms with Crippen LogP contribution in [-0.4, -0.2) is 23.9 Å². The lowest BCUT2D eigenvalue weighted by Gasteiger charge is -2.19. The lowest BCUT2D eigenvalue weighted by Crippen LogP contribution is -2.33. The lowest BCUT2D eigenvalue weighted by atomic mass is 10.2. The van der Waals surface area contributed by atoms with Gasteiger partial charge in [0.2, 0.25) is 5.91 Å². The molecular formula is C12H17BrN2O. The first kappa shape index (κ1) is 13.2. The Balaban J connectivity index is 2.59.